The van der Waals surface area contributed by atoms with E-state index in [9.17, 15) is 0 Å². The summed E-state index contributed by atoms with van der Waals surface area (Å²) in [6.07, 6.45) is 0. The molecule has 0 saturated heterocycles. The minimum atomic E-state index is -0.125. The Morgan fingerprint density at radius 2 is 2.17 bits per heavy atom. The highest BCUT2D eigenvalue weighted by molar-refractivity contribution is 5.30. The minimum absolute atomic E-state index is 0.125. The Hall–Kier alpha value is -1.88. The molecule has 0 aliphatic rings. The van der Waals surface area contributed by atoms with Crippen LogP contribution in [0, 0.1) is 13.8 Å². The van der Waals surface area contributed by atoms with Crippen molar-refractivity contribution >= 4 is 0 Å². The molecule has 0 amide bonds. The van der Waals surface area contributed by atoms with E-state index in [1.165, 1.54) is 0 Å². The van der Waals surface area contributed by atoms with E-state index >= 15 is 0 Å². The van der Waals surface area contributed by atoms with Crippen molar-refractivity contribution in [2.45, 2.75) is 26.4 Å². The molecule has 1 unspecified atom stereocenters. The van der Waals surface area contributed by atoms with Gasteiger partial charge in [-0.1, -0.05) is 12.1 Å². The van der Waals surface area contributed by atoms with Gasteiger partial charge in [0.1, 0.15) is 17.4 Å². The van der Waals surface area contributed by atoms with E-state index in [2.05, 4.69) is 10.1 Å². The molecule has 1 aromatic carbocycles. The zero-order valence-electron chi connectivity index (χ0n) is 10.9. The number of nitrogens with two attached hydrogens (primary N) is 1. The smallest absolute Gasteiger partial charge is 0.147 e. The van der Waals surface area contributed by atoms with Crippen LogP contribution in [-0.2, 0) is 6.54 Å². The van der Waals surface area contributed by atoms with Crippen molar-refractivity contribution in [3.63, 3.8) is 0 Å². The molecule has 0 radical (unpaired) electrons. The maximum absolute atomic E-state index is 6.18. The summed E-state index contributed by atoms with van der Waals surface area (Å²) in [4.78, 5) is 4.26. The molecule has 18 heavy (non-hydrogen) atoms. The molecule has 0 aliphatic carbocycles. The Morgan fingerprint density at radius 1 is 1.39 bits per heavy atom. The van der Waals surface area contributed by atoms with Gasteiger partial charge in [-0.25, -0.2) is 9.67 Å². The summed E-state index contributed by atoms with van der Waals surface area (Å²) in [5.41, 5.74) is 7.21. The highest BCUT2D eigenvalue weighted by atomic mass is 16.5. The average molecular weight is 246 g/mol. The van der Waals surface area contributed by atoms with Crippen LogP contribution in [0.5, 0.6) is 5.75 Å². The first-order chi connectivity index (χ1) is 8.60. The molecule has 0 spiro atoms. The molecule has 2 aromatic rings. The molecule has 0 aliphatic heterocycles. The van der Waals surface area contributed by atoms with Crippen LogP contribution in [0.2, 0.25) is 0 Å². The quantitative estimate of drug-likeness (QED) is 0.890. The van der Waals surface area contributed by atoms with Gasteiger partial charge in [0.25, 0.3) is 0 Å². The van der Waals surface area contributed by atoms with Gasteiger partial charge in [0.05, 0.1) is 13.7 Å². The van der Waals surface area contributed by atoms with Crippen molar-refractivity contribution in [1.82, 2.24) is 14.8 Å². The largest absolute Gasteiger partial charge is 0.497 e. The second kappa shape index (κ2) is 5.18. The normalized spacial score (nSPS) is 12.4. The third-order valence-corrected chi connectivity index (χ3v) is 2.85. The Labute approximate surface area is 107 Å². The standard InChI is InChI=1S/C13H18N4O/c1-9-15-10(2)17(16-9)8-13(14)11-5-4-6-12(7-11)18-3/h4-7,13H,8,14H2,1-3H3. The summed E-state index contributed by atoms with van der Waals surface area (Å²) in [5, 5.41) is 4.31. The van der Waals surface area contributed by atoms with E-state index in [1.807, 2.05) is 42.8 Å². The van der Waals surface area contributed by atoms with Crippen LogP contribution in [0.15, 0.2) is 24.3 Å². The summed E-state index contributed by atoms with van der Waals surface area (Å²) >= 11 is 0. The number of hydrogen-bond donors (Lipinski definition) is 1. The van der Waals surface area contributed by atoms with Gasteiger partial charge in [0.2, 0.25) is 0 Å². The highest BCUT2D eigenvalue weighted by Gasteiger charge is 2.11. The third kappa shape index (κ3) is 2.68. The molecule has 5 heteroatoms. The lowest BCUT2D eigenvalue weighted by Gasteiger charge is -2.13. The Morgan fingerprint density at radius 3 is 2.78 bits per heavy atom. The number of benzene rings is 1. The van der Waals surface area contributed by atoms with Crippen molar-refractivity contribution in [3.05, 3.63) is 41.5 Å². The topological polar surface area (TPSA) is 66.0 Å². The Kier molecular flexibility index (Phi) is 3.62. The average Bonchev–Trinajstić information content (AvgIpc) is 2.68. The van der Waals surface area contributed by atoms with E-state index in [1.54, 1.807) is 7.11 Å². The van der Waals surface area contributed by atoms with Crippen LogP contribution >= 0.6 is 0 Å². The highest BCUT2D eigenvalue weighted by Crippen LogP contribution is 2.18. The number of aryl methyl sites for hydroxylation is 2. The zero-order chi connectivity index (χ0) is 13.1. The molecule has 0 saturated carbocycles. The molecule has 96 valence electrons. The number of nitrogens with zero attached hydrogens (tertiary/aromatic N) is 3. The Bertz CT molecular complexity index is 536. The molecular formula is C13H18N4O. The van der Waals surface area contributed by atoms with Crippen molar-refractivity contribution in [2.24, 2.45) is 5.73 Å². The molecule has 2 N–H and O–H groups in total. The van der Waals surface area contributed by atoms with Gasteiger partial charge in [0, 0.05) is 6.04 Å². The van der Waals surface area contributed by atoms with Gasteiger partial charge < -0.3 is 10.5 Å². The second-order valence-corrected chi connectivity index (χ2v) is 4.27. The van der Waals surface area contributed by atoms with Gasteiger partial charge in [-0.15, -0.1) is 0 Å². The van der Waals surface area contributed by atoms with Crippen LogP contribution in [0.3, 0.4) is 0 Å². The summed E-state index contributed by atoms with van der Waals surface area (Å²) in [6.45, 7) is 4.42. The fourth-order valence-corrected chi connectivity index (χ4v) is 1.90. The van der Waals surface area contributed by atoms with Crippen molar-refractivity contribution < 1.29 is 4.74 Å². The predicted molar refractivity (Wildman–Crippen MR) is 69.4 cm³/mol. The fourth-order valence-electron chi connectivity index (χ4n) is 1.90. The molecule has 0 bridgehead atoms. The second-order valence-electron chi connectivity index (χ2n) is 4.27. The molecular weight excluding hydrogens is 228 g/mol. The van der Waals surface area contributed by atoms with Crippen LogP contribution in [0.1, 0.15) is 23.3 Å². The predicted octanol–water partition coefficient (Wildman–Crippen LogP) is 1.60. The maximum atomic E-state index is 6.18. The number of hydrogen-bond acceptors (Lipinski definition) is 4. The van der Waals surface area contributed by atoms with E-state index in [4.69, 9.17) is 10.5 Å². The summed E-state index contributed by atoms with van der Waals surface area (Å²) < 4.78 is 7.03. The van der Waals surface area contributed by atoms with Crippen molar-refractivity contribution in [3.8, 4) is 5.75 Å². The molecule has 5 nitrogen and oxygen atoms in total. The van der Waals surface area contributed by atoms with Gasteiger partial charge in [-0.05, 0) is 31.5 Å². The van der Waals surface area contributed by atoms with Crippen LogP contribution in [0.25, 0.3) is 0 Å². The summed E-state index contributed by atoms with van der Waals surface area (Å²) in [6, 6.07) is 7.66. The van der Waals surface area contributed by atoms with Gasteiger partial charge in [0.15, 0.2) is 0 Å². The lowest BCUT2D eigenvalue weighted by Crippen LogP contribution is -2.19. The summed E-state index contributed by atoms with van der Waals surface area (Å²) in [7, 11) is 1.65. The van der Waals surface area contributed by atoms with Gasteiger partial charge >= 0.3 is 0 Å². The molecule has 2 rings (SSSR count). The van der Waals surface area contributed by atoms with E-state index in [0.717, 1.165) is 23.0 Å². The first-order valence-electron chi connectivity index (χ1n) is 5.87. The molecule has 1 atom stereocenters. The van der Waals surface area contributed by atoms with Crippen LogP contribution < -0.4 is 10.5 Å². The van der Waals surface area contributed by atoms with E-state index in [0.29, 0.717) is 6.54 Å². The maximum Gasteiger partial charge on any atom is 0.147 e. The number of aromatic nitrogens is 3. The minimum Gasteiger partial charge on any atom is -0.497 e. The van der Waals surface area contributed by atoms with Gasteiger partial charge in [-0.3, -0.25) is 0 Å². The molecule has 0 fully saturated rings. The van der Waals surface area contributed by atoms with E-state index in [-0.39, 0.29) is 6.04 Å². The third-order valence-electron chi connectivity index (χ3n) is 2.85. The number of methoxy groups -OCH3 is 1. The lowest BCUT2D eigenvalue weighted by atomic mass is 10.1. The van der Waals surface area contributed by atoms with Gasteiger partial charge in [-0.2, -0.15) is 5.10 Å². The molecule has 1 heterocycles. The van der Waals surface area contributed by atoms with Crippen LogP contribution in [0.4, 0.5) is 0 Å². The van der Waals surface area contributed by atoms with E-state index < -0.39 is 0 Å². The lowest BCUT2D eigenvalue weighted by molar-refractivity contribution is 0.413. The first kappa shape index (κ1) is 12.6. The van der Waals surface area contributed by atoms with Crippen molar-refractivity contribution in [1.29, 1.82) is 0 Å². The first-order valence-corrected chi connectivity index (χ1v) is 5.87. The van der Waals surface area contributed by atoms with Crippen LogP contribution in [-0.4, -0.2) is 21.9 Å². The SMILES string of the molecule is COc1cccc(C(N)Cn2nc(C)nc2C)c1. The summed E-state index contributed by atoms with van der Waals surface area (Å²) in [5.74, 6) is 2.46. The van der Waals surface area contributed by atoms with Crippen molar-refractivity contribution in [2.75, 3.05) is 7.11 Å². The Balaban J connectivity index is 2.16. The number of rotatable bonds is 4. The zero-order valence-corrected chi connectivity index (χ0v) is 10.9. The monoisotopic (exact) mass is 246 g/mol. The fraction of sp³-hybridized carbons (Fsp3) is 0.385. The number of ether oxygens (including phenoxy) is 1. The molecule has 1 aromatic heterocycles.